The van der Waals surface area contributed by atoms with E-state index in [1.165, 1.54) is 10.5 Å². The number of piperidine rings is 1. The molecule has 4 rings (SSSR count). The summed E-state index contributed by atoms with van der Waals surface area (Å²) in [6, 6.07) is 8.50. The van der Waals surface area contributed by atoms with E-state index in [-0.39, 0.29) is 11.0 Å². The standard InChI is InChI=1S/C17H18N6O3S/c24-27(25,15-3-1-8-18-13-15)22-11-6-14(7-12-22)26-17-5-4-16(20-21-17)23-10-2-9-19-23/h1-5,8-10,13-14H,6-7,11-12H2. The normalized spacial score (nSPS) is 16.3. The number of hydrogen-bond acceptors (Lipinski definition) is 7. The molecule has 0 aliphatic carbocycles. The summed E-state index contributed by atoms with van der Waals surface area (Å²) in [6.07, 6.45) is 7.44. The predicted octanol–water partition coefficient (Wildman–Crippen LogP) is 1.29. The van der Waals surface area contributed by atoms with Crippen molar-refractivity contribution in [2.45, 2.75) is 23.8 Å². The van der Waals surface area contributed by atoms with Crippen LogP contribution in [0.4, 0.5) is 0 Å². The maximum Gasteiger partial charge on any atom is 0.244 e. The van der Waals surface area contributed by atoms with E-state index in [9.17, 15) is 8.42 Å². The van der Waals surface area contributed by atoms with Crippen LogP contribution in [-0.4, -0.2) is 56.9 Å². The Morgan fingerprint density at radius 3 is 2.52 bits per heavy atom. The molecule has 1 aliphatic heterocycles. The van der Waals surface area contributed by atoms with Gasteiger partial charge in [-0.25, -0.2) is 13.1 Å². The second-order valence-corrected chi connectivity index (χ2v) is 8.03. The predicted molar refractivity (Wildman–Crippen MR) is 95.8 cm³/mol. The van der Waals surface area contributed by atoms with Gasteiger partial charge >= 0.3 is 0 Å². The van der Waals surface area contributed by atoms with Crippen LogP contribution < -0.4 is 4.74 Å². The van der Waals surface area contributed by atoms with Crippen molar-refractivity contribution < 1.29 is 13.2 Å². The molecule has 0 N–H and O–H groups in total. The molecule has 4 heterocycles. The van der Waals surface area contributed by atoms with Crippen molar-refractivity contribution >= 4 is 10.0 Å². The summed E-state index contributed by atoms with van der Waals surface area (Å²) in [6.45, 7) is 0.779. The summed E-state index contributed by atoms with van der Waals surface area (Å²) in [5.41, 5.74) is 0. The zero-order valence-corrected chi connectivity index (χ0v) is 15.2. The highest BCUT2D eigenvalue weighted by Gasteiger charge is 2.30. The molecule has 1 aliphatic rings. The first kappa shape index (κ1) is 17.6. The topological polar surface area (TPSA) is 103 Å². The lowest BCUT2D eigenvalue weighted by Gasteiger charge is -2.30. The molecule has 0 spiro atoms. The molecular weight excluding hydrogens is 368 g/mol. The van der Waals surface area contributed by atoms with Gasteiger partial charge in [-0.15, -0.1) is 10.2 Å². The molecule has 0 aromatic carbocycles. The molecule has 3 aromatic heterocycles. The third-order valence-corrected chi connectivity index (χ3v) is 6.21. The van der Waals surface area contributed by atoms with Gasteiger partial charge in [-0.2, -0.15) is 9.40 Å². The fourth-order valence-corrected chi connectivity index (χ4v) is 4.35. The number of sulfonamides is 1. The first-order chi connectivity index (χ1) is 13.1. The van der Waals surface area contributed by atoms with Crippen LogP contribution in [0.2, 0.25) is 0 Å². The molecule has 1 saturated heterocycles. The number of pyridine rings is 1. The van der Waals surface area contributed by atoms with Crippen LogP contribution in [0.25, 0.3) is 5.82 Å². The minimum Gasteiger partial charge on any atom is -0.473 e. The Bertz CT molecular complexity index is 969. The number of nitrogens with zero attached hydrogens (tertiary/aromatic N) is 6. The minimum atomic E-state index is -3.51. The van der Waals surface area contributed by atoms with Gasteiger partial charge in [0.2, 0.25) is 15.9 Å². The van der Waals surface area contributed by atoms with Crippen molar-refractivity contribution in [2.24, 2.45) is 0 Å². The van der Waals surface area contributed by atoms with Crippen LogP contribution in [0.3, 0.4) is 0 Å². The molecule has 0 amide bonds. The van der Waals surface area contributed by atoms with Crippen LogP contribution in [-0.2, 0) is 10.0 Å². The summed E-state index contributed by atoms with van der Waals surface area (Å²) in [5.74, 6) is 1.02. The Hall–Kier alpha value is -2.85. The Labute approximate surface area is 156 Å². The molecule has 0 radical (unpaired) electrons. The van der Waals surface area contributed by atoms with E-state index in [1.54, 1.807) is 53.6 Å². The Morgan fingerprint density at radius 2 is 1.89 bits per heavy atom. The van der Waals surface area contributed by atoms with Gasteiger partial charge < -0.3 is 4.74 Å². The van der Waals surface area contributed by atoms with Crippen LogP contribution in [0.1, 0.15) is 12.8 Å². The maximum absolute atomic E-state index is 12.6. The molecule has 0 bridgehead atoms. The van der Waals surface area contributed by atoms with Crippen LogP contribution in [0.15, 0.2) is 60.0 Å². The first-order valence-electron chi connectivity index (χ1n) is 8.53. The second-order valence-electron chi connectivity index (χ2n) is 6.09. The molecule has 140 valence electrons. The number of aromatic nitrogens is 5. The van der Waals surface area contributed by atoms with Crippen molar-refractivity contribution in [2.75, 3.05) is 13.1 Å². The molecule has 9 nitrogen and oxygen atoms in total. The van der Waals surface area contributed by atoms with Crippen LogP contribution >= 0.6 is 0 Å². The largest absolute Gasteiger partial charge is 0.473 e. The minimum absolute atomic E-state index is 0.102. The monoisotopic (exact) mass is 386 g/mol. The second kappa shape index (κ2) is 7.41. The van der Waals surface area contributed by atoms with Gasteiger partial charge in [0, 0.05) is 43.9 Å². The lowest BCUT2D eigenvalue weighted by molar-refractivity contribution is 0.128. The Morgan fingerprint density at radius 1 is 1.04 bits per heavy atom. The van der Waals surface area contributed by atoms with Crippen molar-refractivity contribution in [1.29, 1.82) is 0 Å². The van der Waals surface area contributed by atoms with Crippen LogP contribution in [0.5, 0.6) is 5.88 Å². The molecule has 1 fully saturated rings. The van der Waals surface area contributed by atoms with E-state index >= 15 is 0 Å². The van der Waals surface area contributed by atoms with E-state index in [4.69, 9.17) is 4.74 Å². The third kappa shape index (κ3) is 3.81. The summed E-state index contributed by atoms with van der Waals surface area (Å²) >= 11 is 0. The van der Waals surface area contributed by atoms with Gasteiger partial charge in [0.1, 0.15) is 11.0 Å². The average Bonchev–Trinajstić information content (AvgIpc) is 3.25. The summed E-state index contributed by atoms with van der Waals surface area (Å²) in [5, 5.41) is 12.3. The fraction of sp³-hybridized carbons (Fsp3) is 0.294. The lowest BCUT2D eigenvalue weighted by atomic mass is 10.1. The van der Waals surface area contributed by atoms with Crippen molar-refractivity contribution in [3.8, 4) is 11.7 Å². The molecule has 3 aromatic rings. The highest BCUT2D eigenvalue weighted by molar-refractivity contribution is 7.89. The highest BCUT2D eigenvalue weighted by Crippen LogP contribution is 2.22. The Balaban J connectivity index is 1.36. The SMILES string of the molecule is O=S(=O)(c1cccnc1)N1CCC(Oc2ccc(-n3cccn3)nn2)CC1. The Kier molecular flexibility index (Phi) is 4.82. The average molecular weight is 386 g/mol. The molecular formula is C17H18N6O3S. The highest BCUT2D eigenvalue weighted by atomic mass is 32.2. The molecule has 27 heavy (non-hydrogen) atoms. The first-order valence-corrected chi connectivity index (χ1v) is 9.97. The van der Waals surface area contributed by atoms with E-state index in [1.807, 2.05) is 0 Å². The third-order valence-electron chi connectivity index (χ3n) is 4.33. The zero-order chi connectivity index (χ0) is 18.7. The summed E-state index contributed by atoms with van der Waals surface area (Å²) in [7, 11) is -3.51. The van der Waals surface area contributed by atoms with Gasteiger partial charge in [-0.1, -0.05) is 0 Å². The van der Waals surface area contributed by atoms with Gasteiger partial charge in [0.05, 0.1) is 0 Å². The van der Waals surface area contributed by atoms with Crippen LogP contribution in [0, 0.1) is 0 Å². The molecule has 10 heteroatoms. The summed E-state index contributed by atoms with van der Waals surface area (Å²) in [4.78, 5) is 4.10. The molecule has 0 atom stereocenters. The van der Waals surface area contributed by atoms with E-state index in [2.05, 4.69) is 20.3 Å². The van der Waals surface area contributed by atoms with Gasteiger partial charge in [0.15, 0.2) is 5.82 Å². The number of ether oxygens (including phenoxy) is 1. The van der Waals surface area contributed by atoms with Gasteiger partial charge in [-0.3, -0.25) is 4.98 Å². The van der Waals surface area contributed by atoms with Crippen molar-refractivity contribution in [3.05, 3.63) is 55.1 Å². The number of rotatable bonds is 5. The number of hydrogen-bond donors (Lipinski definition) is 0. The zero-order valence-electron chi connectivity index (χ0n) is 14.4. The smallest absolute Gasteiger partial charge is 0.244 e. The van der Waals surface area contributed by atoms with E-state index in [0.29, 0.717) is 37.6 Å². The van der Waals surface area contributed by atoms with Gasteiger partial charge in [-0.05, 0) is 37.1 Å². The van der Waals surface area contributed by atoms with E-state index < -0.39 is 10.0 Å². The molecule has 0 unspecified atom stereocenters. The lowest BCUT2D eigenvalue weighted by Crippen LogP contribution is -2.41. The van der Waals surface area contributed by atoms with Crippen molar-refractivity contribution in [3.63, 3.8) is 0 Å². The van der Waals surface area contributed by atoms with E-state index in [0.717, 1.165) is 0 Å². The fourth-order valence-electron chi connectivity index (χ4n) is 2.91. The van der Waals surface area contributed by atoms with Crippen molar-refractivity contribution in [1.82, 2.24) is 29.3 Å². The summed E-state index contributed by atoms with van der Waals surface area (Å²) < 4.78 is 34.2. The molecule has 0 saturated carbocycles. The van der Waals surface area contributed by atoms with Gasteiger partial charge in [0.25, 0.3) is 0 Å². The maximum atomic E-state index is 12.6. The quantitative estimate of drug-likeness (QED) is 0.651.